The first-order valence-corrected chi connectivity index (χ1v) is 8.11. The number of carbonyl (C=O) groups is 1. The third kappa shape index (κ3) is 3.19. The van der Waals surface area contributed by atoms with Crippen LogP contribution < -0.4 is 5.32 Å². The molecule has 2 aliphatic heterocycles. The smallest absolute Gasteiger partial charge is 0.289 e. The highest BCUT2D eigenvalue weighted by atomic mass is 35.5. The number of hydrogen-bond acceptors (Lipinski definition) is 3. The van der Waals surface area contributed by atoms with E-state index in [1.54, 1.807) is 30.3 Å². The van der Waals surface area contributed by atoms with Crippen molar-refractivity contribution in [2.24, 2.45) is 0 Å². The maximum Gasteiger partial charge on any atom is 0.289 e. The Morgan fingerprint density at radius 3 is 2.75 bits per heavy atom. The summed E-state index contributed by atoms with van der Waals surface area (Å²) >= 11 is 0. The predicted octanol–water partition coefficient (Wildman–Crippen LogP) is 3.47. The van der Waals surface area contributed by atoms with Gasteiger partial charge in [-0.05, 0) is 43.5 Å². The molecule has 0 spiro atoms. The number of hydrogen-bond donors (Lipinski definition) is 1. The number of halogens is 2. The summed E-state index contributed by atoms with van der Waals surface area (Å²) in [5, 5.41) is 3.55. The summed E-state index contributed by atoms with van der Waals surface area (Å²) in [6.45, 7) is 1.45. The van der Waals surface area contributed by atoms with Crippen LogP contribution in [0.4, 0.5) is 4.39 Å². The molecule has 24 heavy (non-hydrogen) atoms. The van der Waals surface area contributed by atoms with Crippen molar-refractivity contribution in [3.63, 3.8) is 0 Å². The molecule has 0 radical (unpaired) electrons. The number of rotatable bonds is 2. The van der Waals surface area contributed by atoms with Crippen LogP contribution in [0.5, 0.6) is 0 Å². The van der Waals surface area contributed by atoms with Crippen LogP contribution in [-0.4, -0.2) is 36.0 Å². The van der Waals surface area contributed by atoms with Crippen molar-refractivity contribution in [1.82, 2.24) is 10.2 Å². The zero-order chi connectivity index (χ0) is 15.8. The van der Waals surface area contributed by atoms with Crippen LogP contribution >= 0.6 is 12.4 Å². The first-order chi connectivity index (χ1) is 11.2. The number of amides is 1. The fourth-order valence-electron chi connectivity index (χ4n) is 3.54. The van der Waals surface area contributed by atoms with E-state index >= 15 is 0 Å². The number of benzene rings is 1. The summed E-state index contributed by atoms with van der Waals surface area (Å²) in [6.07, 6.45) is 3.29. The van der Waals surface area contributed by atoms with Crippen LogP contribution in [0.3, 0.4) is 0 Å². The molecule has 2 unspecified atom stereocenters. The molecule has 4 rings (SSSR count). The van der Waals surface area contributed by atoms with Crippen LogP contribution in [0, 0.1) is 5.82 Å². The number of furan rings is 1. The zero-order valence-corrected chi connectivity index (χ0v) is 14.0. The zero-order valence-electron chi connectivity index (χ0n) is 13.2. The van der Waals surface area contributed by atoms with E-state index in [1.165, 1.54) is 12.5 Å². The average Bonchev–Trinajstić information content (AvgIpc) is 3.14. The molecule has 0 aliphatic carbocycles. The molecular weight excluding hydrogens is 331 g/mol. The van der Waals surface area contributed by atoms with Crippen molar-refractivity contribution >= 4 is 18.3 Å². The second-order valence-corrected chi connectivity index (χ2v) is 6.32. The van der Waals surface area contributed by atoms with Gasteiger partial charge in [0, 0.05) is 25.2 Å². The van der Waals surface area contributed by atoms with Gasteiger partial charge in [0.2, 0.25) is 0 Å². The Morgan fingerprint density at radius 1 is 1.12 bits per heavy atom. The van der Waals surface area contributed by atoms with Gasteiger partial charge in [-0.15, -0.1) is 12.4 Å². The van der Waals surface area contributed by atoms with Gasteiger partial charge in [0.05, 0.1) is 5.56 Å². The van der Waals surface area contributed by atoms with Crippen LogP contribution in [0.1, 0.15) is 29.8 Å². The van der Waals surface area contributed by atoms with Crippen LogP contribution in [-0.2, 0) is 0 Å². The minimum Gasteiger partial charge on any atom is -0.451 e. The Balaban J connectivity index is 0.00000169. The monoisotopic (exact) mass is 350 g/mol. The van der Waals surface area contributed by atoms with E-state index in [2.05, 4.69) is 5.32 Å². The molecule has 2 aliphatic rings. The lowest BCUT2D eigenvalue weighted by atomic mass is 10.1. The molecule has 128 valence electrons. The highest BCUT2D eigenvalue weighted by Gasteiger charge is 2.32. The highest BCUT2D eigenvalue weighted by molar-refractivity contribution is 5.92. The van der Waals surface area contributed by atoms with Crippen LogP contribution in [0.2, 0.25) is 0 Å². The Labute approximate surface area is 146 Å². The van der Waals surface area contributed by atoms with Gasteiger partial charge in [0.15, 0.2) is 5.76 Å². The van der Waals surface area contributed by atoms with Gasteiger partial charge < -0.3 is 14.6 Å². The molecule has 2 aromatic rings. The van der Waals surface area contributed by atoms with Gasteiger partial charge in [-0.2, -0.15) is 0 Å². The maximum atomic E-state index is 13.8. The molecule has 2 bridgehead atoms. The van der Waals surface area contributed by atoms with E-state index in [4.69, 9.17) is 4.42 Å². The second kappa shape index (κ2) is 6.95. The lowest BCUT2D eigenvalue weighted by molar-refractivity contribution is 0.0717. The van der Waals surface area contributed by atoms with Gasteiger partial charge >= 0.3 is 0 Å². The van der Waals surface area contributed by atoms with Gasteiger partial charge in [0.1, 0.15) is 11.6 Å². The summed E-state index contributed by atoms with van der Waals surface area (Å²) in [4.78, 5) is 14.5. The molecule has 2 saturated heterocycles. The third-order valence-electron chi connectivity index (χ3n) is 4.77. The van der Waals surface area contributed by atoms with Gasteiger partial charge in [0.25, 0.3) is 5.91 Å². The molecule has 1 aromatic carbocycles. The SMILES string of the molecule is Cl.O=C(c1ccc(-c2ccccc2F)o1)N1CCC2CCC(C1)N2. The fourth-order valence-corrected chi connectivity index (χ4v) is 3.54. The maximum absolute atomic E-state index is 13.8. The van der Waals surface area contributed by atoms with Crippen LogP contribution in [0.15, 0.2) is 40.8 Å². The normalized spacial score (nSPS) is 22.8. The Hall–Kier alpha value is -1.85. The van der Waals surface area contributed by atoms with Gasteiger partial charge in [-0.25, -0.2) is 4.39 Å². The Morgan fingerprint density at radius 2 is 1.92 bits per heavy atom. The second-order valence-electron chi connectivity index (χ2n) is 6.32. The van der Waals surface area contributed by atoms with Crippen molar-refractivity contribution in [2.45, 2.75) is 31.3 Å². The molecule has 0 saturated carbocycles. The van der Waals surface area contributed by atoms with Crippen molar-refractivity contribution < 1.29 is 13.6 Å². The quantitative estimate of drug-likeness (QED) is 0.902. The molecule has 4 nitrogen and oxygen atoms in total. The lowest BCUT2D eigenvalue weighted by Gasteiger charge is -2.23. The van der Waals surface area contributed by atoms with E-state index < -0.39 is 0 Å². The van der Waals surface area contributed by atoms with E-state index in [-0.39, 0.29) is 29.9 Å². The number of nitrogens with zero attached hydrogens (tertiary/aromatic N) is 1. The fraction of sp³-hybridized carbons (Fsp3) is 0.389. The summed E-state index contributed by atoms with van der Waals surface area (Å²) < 4.78 is 19.5. The molecule has 1 aromatic heterocycles. The lowest BCUT2D eigenvalue weighted by Crippen LogP contribution is -2.38. The van der Waals surface area contributed by atoms with Crippen molar-refractivity contribution in [2.75, 3.05) is 13.1 Å². The number of carbonyl (C=O) groups excluding carboxylic acids is 1. The third-order valence-corrected chi connectivity index (χ3v) is 4.77. The van der Waals surface area contributed by atoms with Gasteiger partial charge in [-0.1, -0.05) is 12.1 Å². The summed E-state index contributed by atoms with van der Waals surface area (Å²) in [5.41, 5.74) is 0.378. The van der Waals surface area contributed by atoms with E-state index in [0.29, 0.717) is 30.0 Å². The van der Waals surface area contributed by atoms with Gasteiger partial charge in [-0.3, -0.25) is 4.79 Å². The first-order valence-electron chi connectivity index (χ1n) is 8.11. The van der Waals surface area contributed by atoms with Crippen molar-refractivity contribution in [3.05, 3.63) is 48.0 Å². The van der Waals surface area contributed by atoms with E-state index in [0.717, 1.165) is 19.4 Å². The van der Waals surface area contributed by atoms with Crippen LogP contribution in [0.25, 0.3) is 11.3 Å². The largest absolute Gasteiger partial charge is 0.451 e. The number of nitrogens with one attached hydrogen (secondary N) is 1. The standard InChI is InChI=1S/C18H19FN2O2.ClH/c19-15-4-2-1-3-14(15)16-7-8-17(23-16)18(22)21-10-9-12-5-6-13(11-21)20-12;/h1-4,7-8,12-13,20H,5-6,9-11H2;1H. The number of likely N-dealkylation sites (tertiary alicyclic amines) is 1. The first kappa shape index (κ1) is 17.0. The molecule has 2 fully saturated rings. The highest BCUT2D eigenvalue weighted by Crippen LogP contribution is 2.26. The van der Waals surface area contributed by atoms with E-state index in [9.17, 15) is 9.18 Å². The summed E-state index contributed by atoms with van der Waals surface area (Å²) in [7, 11) is 0. The van der Waals surface area contributed by atoms with Crippen molar-refractivity contribution in [1.29, 1.82) is 0 Å². The molecule has 3 heterocycles. The minimum atomic E-state index is -0.350. The predicted molar refractivity (Wildman–Crippen MR) is 91.8 cm³/mol. The number of fused-ring (bicyclic) bond motifs is 2. The molecule has 6 heteroatoms. The van der Waals surface area contributed by atoms with Crippen molar-refractivity contribution in [3.8, 4) is 11.3 Å². The minimum absolute atomic E-state index is 0. The molecule has 1 N–H and O–H groups in total. The molecule has 1 amide bonds. The Kier molecular flexibility index (Phi) is 4.92. The Bertz CT molecular complexity index is 733. The van der Waals surface area contributed by atoms with E-state index in [1.807, 2.05) is 4.90 Å². The molecular formula is C18H20ClFN2O2. The molecule has 2 atom stereocenters. The topological polar surface area (TPSA) is 45.5 Å². The average molecular weight is 351 g/mol. The summed E-state index contributed by atoms with van der Waals surface area (Å²) in [5.74, 6) is 0.209. The summed E-state index contributed by atoms with van der Waals surface area (Å²) in [6, 6.07) is 10.6.